The van der Waals surface area contributed by atoms with Crippen LogP contribution in [0.2, 0.25) is 0 Å². The monoisotopic (exact) mass is 385 g/mol. The molecule has 0 bridgehead atoms. The minimum atomic E-state index is -0.481. The van der Waals surface area contributed by atoms with Crippen molar-refractivity contribution in [2.24, 2.45) is 0 Å². The molecule has 2 aromatic carbocycles. The van der Waals surface area contributed by atoms with Gasteiger partial charge in [-0.2, -0.15) is 0 Å². The summed E-state index contributed by atoms with van der Waals surface area (Å²) in [7, 11) is 3.16. The molecule has 1 N–H and O–H groups in total. The fraction of sp³-hybridized carbons (Fsp3) is 0.364. The van der Waals surface area contributed by atoms with Gasteiger partial charge in [0.25, 0.3) is 5.91 Å². The molecule has 0 aliphatic rings. The molecule has 150 valence electrons. The molecule has 0 unspecified atom stereocenters. The van der Waals surface area contributed by atoms with E-state index in [4.69, 9.17) is 14.2 Å². The van der Waals surface area contributed by atoms with E-state index in [-0.39, 0.29) is 12.5 Å². The second-order valence-electron chi connectivity index (χ2n) is 6.64. The third-order valence-electron chi connectivity index (χ3n) is 4.40. The van der Waals surface area contributed by atoms with Crippen LogP contribution in [0, 0.1) is 20.8 Å². The van der Waals surface area contributed by atoms with Gasteiger partial charge in [-0.1, -0.05) is 23.8 Å². The highest BCUT2D eigenvalue weighted by Gasteiger charge is 2.15. The van der Waals surface area contributed by atoms with Crippen LogP contribution in [0.5, 0.6) is 11.5 Å². The van der Waals surface area contributed by atoms with Crippen molar-refractivity contribution in [1.82, 2.24) is 5.32 Å². The van der Waals surface area contributed by atoms with Gasteiger partial charge in [0, 0.05) is 6.54 Å². The van der Waals surface area contributed by atoms with Crippen molar-refractivity contribution in [3.8, 4) is 11.5 Å². The zero-order chi connectivity index (χ0) is 20.7. The van der Waals surface area contributed by atoms with Gasteiger partial charge >= 0.3 is 5.97 Å². The number of benzene rings is 2. The summed E-state index contributed by atoms with van der Waals surface area (Å²) in [5.74, 6) is 0.481. The number of methoxy groups -OCH3 is 2. The zero-order valence-electron chi connectivity index (χ0n) is 17.0. The molecule has 0 spiro atoms. The topological polar surface area (TPSA) is 73.9 Å². The molecule has 0 aromatic heterocycles. The van der Waals surface area contributed by atoms with Gasteiger partial charge < -0.3 is 19.5 Å². The smallest absolute Gasteiger partial charge is 0.339 e. The third kappa shape index (κ3) is 5.49. The van der Waals surface area contributed by atoms with E-state index >= 15 is 0 Å². The molecule has 0 atom stereocenters. The Morgan fingerprint density at radius 2 is 1.57 bits per heavy atom. The van der Waals surface area contributed by atoms with Crippen molar-refractivity contribution in [2.45, 2.75) is 27.2 Å². The first-order chi connectivity index (χ1) is 13.3. The fourth-order valence-electron chi connectivity index (χ4n) is 3.14. The normalized spacial score (nSPS) is 10.3. The molecule has 1 amide bonds. The van der Waals surface area contributed by atoms with Crippen LogP contribution in [0.3, 0.4) is 0 Å². The lowest BCUT2D eigenvalue weighted by molar-refractivity contribution is -0.124. The summed E-state index contributed by atoms with van der Waals surface area (Å²) >= 11 is 0. The average Bonchev–Trinajstić information content (AvgIpc) is 2.65. The van der Waals surface area contributed by atoms with Crippen molar-refractivity contribution in [2.75, 3.05) is 27.4 Å². The molecule has 0 heterocycles. The van der Waals surface area contributed by atoms with Crippen LogP contribution in [0.15, 0.2) is 30.3 Å². The number of carbonyl (C=O) groups excluding carboxylic acids is 2. The standard InChI is InChI=1S/C22H27NO5/c1-14-10-15(2)21(16(3)11-14)22(25)28-13-20(24)23-9-8-17-6-7-18(26-4)19(12-17)27-5/h6-7,10-12H,8-9,13H2,1-5H3,(H,23,24). The van der Waals surface area contributed by atoms with Gasteiger partial charge in [0.2, 0.25) is 0 Å². The van der Waals surface area contributed by atoms with Crippen LogP contribution >= 0.6 is 0 Å². The molecule has 0 aliphatic heterocycles. The van der Waals surface area contributed by atoms with Crippen LogP contribution < -0.4 is 14.8 Å². The Kier molecular flexibility index (Phi) is 7.44. The van der Waals surface area contributed by atoms with E-state index < -0.39 is 5.97 Å². The summed E-state index contributed by atoms with van der Waals surface area (Å²) in [6, 6.07) is 9.45. The highest BCUT2D eigenvalue weighted by Crippen LogP contribution is 2.27. The van der Waals surface area contributed by atoms with E-state index in [1.165, 1.54) is 0 Å². The Morgan fingerprint density at radius 3 is 2.18 bits per heavy atom. The Balaban J connectivity index is 1.83. The van der Waals surface area contributed by atoms with Gasteiger partial charge in [-0.3, -0.25) is 4.79 Å². The molecule has 6 nitrogen and oxygen atoms in total. The maximum Gasteiger partial charge on any atom is 0.339 e. The fourth-order valence-corrected chi connectivity index (χ4v) is 3.14. The summed E-state index contributed by atoms with van der Waals surface area (Å²) in [5, 5.41) is 2.75. The van der Waals surface area contributed by atoms with Crippen LogP contribution in [-0.2, 0) is 16.0 Å². The average molecular weight is 385 g/mol. The molecular formula is C22H27NO5. The van der Waals surface area contributed by atoms with Gasteiger partial charge in [0.1, 0.15) is 0 Å². The van der Waals surface area contributed by atoms with Gasteiger partial charge in [-0.15, -0.1) is 0 Å². The number of carbonyl (C=O) groups is 2. The van der Waals surface area contributed by atoms with Crippen molar-refractivity contribution in [1.29, 1.82) is 0 Å². The molecule has 6 heteroatoms. The summed E-state index contributed by atoms with van der Waals surface area (Å²) < 4.78 is 15.6. The van der Waals surface area contributed by atoms with E-state index in [1.807, 2.05) is 51.1 Å². The summed E-state index contributed by atoms with van der Waals surface area (Å²) in [6.45, 7) is 5.81. The van der Waals surface area contributed by atoms with E-state index in [1.54, 1.807) is 14.2 Å². The van der Waals surface area contributed by atoms with Crippen LogP contribution in [0.1, 0.15) is 32.6 Å². The van der Waals surface area contributed by atoms with E-state index in [0.29, 0.717) is 30.0 Å². The van der Waals surface area contributed by atoms with Crippen LogP contribution in [-0.4, -0.2) is 39.2 Å². The number of nitrogens with one attached hydrogen (secondary N) is 1. The highest BCUT2D eigenvalue weighted by molar-refractivity contribution is 5.94. The minimum absolute atomic E-state index is 0.308. The van der Waals surface area contributed by atoms with E-state index in [9.17, 15) is 9.59 Å². The van der Waals surface area contributed by atoms with Crippen molar-refractivity contribution < 1.29 is 23.8 Å². The van der Waals surface area contributed by atoms with Crippen LogP contribution in [0.4, 0.5) is 0 Å². The van der Waals surface area contributed by atoms with E-state index in [0.717, 1.165) is 22.3 Å². The lowest BCUT2D eigenvalue weighted by Gasteiger charge is -2.12. The predicted molar refractivity (Wildman–Crippen MR) is 107 cm³/mol. The zero-order valence-corrected chi connectivity index (χ0v) is 17.0. The number of hydrogen-bond donors (Lipinski definition) is 1. The Morgan fingerprint density at radius 1 is 0.929 bits per heavy atom. The first-order valence-electron chi connectivity index (χ1n) is 9.08. The molecule has 2 rings (SSSR count). The molecule has 2 aromatic rings. The number of ether oxygens (including phenoxy) is 3. The maximum atomic E-state index is 12.3. The summed E-state index contributed by atoms with van der Waals surface area (Å²) in [4.78, 5) is 24.3. The predicted octanol–water partition coefficient (Wildman–Crippen LogP) is 3.14. The first-order valence-corrected chi connectivity index (χ1v) is 9.08. The molecule has 0 fully saturated rings. The maximum absolute atomic E-state index is 12.3. The number of amides is 1. The Labute approximate surface area is 165 Å². The third-order valence-corrected chi connectivity index (χ3v) is 4.40. The SMILES string of the molecule is COc1ccc(CCNC(=O)COC(=O)c2c(C)cc(C)cc2C)cc1OC. The Bertz CT molecular complexity index is 837. The summed E-state index contributed by atoms with van der Waals surface area (Å²) in [6.07, 6.45) is 0.621. The van der Waals surface area contributed by atoms with Gasteiger partial charge in [-0.25, -0.2) is 4.79 Å². The largest absolute Gasteiger partial charge is 0.493 e. The van der Waals surface area contributed by atoms with Crippen molar-refractivity contribution in [3.05, 3.63) is 58.1 Å². The summed E-state index contributed by atoms with van der Waals surface area (Å²) in [5.41, 5.74) is 4.29. The number of aryl methyl sites for hydroxylation is 3. The van der Waals surface area contributed by atoms with Crippen LogP contribution in [0.25, 0.3) is 0 Å². The van der Waals surface area contributed by atoms with Gasteiger partial charge in [0.15, 0.2) is 18.1 Å². The lowest BCUT2D eigenvalue weighted by Crippen LogP contribution is -2.30. The number of esters is 1. The second-order valence-corrected chi connectivity index (χ2v) is 6.64. The van der Waals surface area contributed by atoms with E-state index in [2.05, 4.69) is 5.32 Å². The van der Waals surface area contributed by atoms with Crippen molar-refractivity contribution in [3.63, 3.8) is 0 Å². The van der Waals surface area contributed by atoms with Gasteiger partial charge in [-0.05, 0) is 56.0 Å². The first kappa shape index (κ1) is 21.3. The highest BCUT2D eigenvalue weighted by atomic mass is 16.5. The molecule has 0 saturated carbocycles. The molecule has 0 radical (unpaired) electrons. The molecule has 28 heavy (non-hydrogen) atoms. The molecular weight excluding hydrogens is 358 g/mol. The second kappa shape index (κ2) is 9.78. The minimum Gasteiger partial charge on any atom is -0.493 e. The number of rotatable bonds is 8. The Hall–Kier alpha value is -3.02. The lowest BCUT2D eigenvalue weighted by atomic mass is 10.00. The number of hydrogen-bond acceptors (Lipinski definition) is 5. The quantitative estimate of drug-likeness (QED) is 0.707. The molecule has 0 aliphatic carbocycles. The van der Waals surface area contributed by atoms with Crippen molar-refractivity contribution >= 4 is 11.9 Å². The van der Waals surface area contributed by atoms with Gasteiger partial charge in [0.05, 0.1) is 19.8 Å². The molecule has 0 saturated heterocycles.